The molecule has 1 aliphatic heterocycles. The lowest BCUT2D eigenvalue weighted by molar-refractivity contribution is -0.136. The number of nitrogens with one attached hydrogen (secondary N) is 2. The Balaban J connectivity index is 2.02. The molecule has 0 aromatic heterocycles. The monoisotopic (exact) mass is 383 g/mol. The summed E-state index contributed by atoms with van der Waals surface area (Å²) < 4.78 is 5.78. The molecule has 1 aromatic carbocycles. The van der Waals surface area contributed by atoms with E-state index in [4.69, 9.17) is 21.4 Å². The van der Waals surface area contributed by atoms with Crippen molar-refractivity contribution in [3.8, 4) is 0 Å². The van der Waals surface area contributed by atoms with Crippen molar-refractivity contribution < 1.29 is 19.4 Å². The van der Waals surface area contributed by atoms with Crippen molar-refractivity contribution in [2.24, 2.45) is 0 Å². The predicted octanol–water partition coefficient (Wildman–Crippen LogP) is 2.27. The second-order valence-corrected chi connectivity index (χ2v) is 7.36. The SMILES string of the molecule is CC1(C)CN(C(CNC(=O)NCCC(=O)O)c2ccc(Cl)cc2)CCO1. The summed E-state index contributed by atoms with van der Waals surface area (Å²) in [6.45, 7) is 6.71. The van der Waals surface area contributed by atoms with Crippen molar-refractivity contribution in [1.29, 1.82) is 0 Å². The number of amides is 2. The molecule has 2 amide bonds. The Labute approximate surface area is 158 Å². The average Bonchev–Trinajstić information content (AvgIpc) is 2.55. The van der Waals surface area contributed by atoms with Gasteiger partial charge in [-0.1, -0.05) is 23.7 Å². The average molecular weight is 384 g/mol. The van der Waals surface area contributed by atoms with Crippen molar-refractivity contribution in [3.63, 3.8) is 0 Å². The van der Waals surface area contributed by atoms with Crippen molar-refractivity contribution in [2.45, 2.75) is 31.9 Å². The zero-order valence-corrected chi connectivity index (χ0v) is 15.9. The smallest absolute Gasteiger partial charge is 0.314 e. The fraction of sp³-hybridized carbons (Fsp3) is 0.556. The van der Waals surface area contributed by atoms with E-state index in [1.807, 2.05) is 38.1 Å². The zero-order valence-electron chi connectivity index (χ0n) is 15.1. The Morgan fingerprint density at radius 3 is 2.62 bits per heavy atom. The van der Waals surface area contributed by atoms with Gasteiger partial charge < -0.3 is 20.5 Å². The minimum atomic E-state index is -0.945. The fourth-order valence-corrected chi connectivity index (χ4v) is 3.12. The van der Waals surface area contributed by atoms with E-state index in [1.54, 1.807) is 0 Å². The van der Waals surface area contributed by atoms with E-state index in [0.717, 1.165) is 18.7 Å². The Hall–Kier alpha value is -1.83. The van der Waals surface area contributed by atoms with Crippen LogP contribution in [0.25, 0.3) is 0 Å². The summed E-state index contributed by atoms with van der Waals surface area (Å²) in [5, 5.41) is 14.7. The molecule has 2 rings (SSSR count). The van der Waals surface area contributed by atoms with Gasteiger partial charge in [-0.3, -0.25) is 9.69 Å². The molecule has 0 aliphatic carbocycles. The second-order valence-electron chi connectivity index (χ2n) is 6.93. The minimum Gasteiger partial charge on any atom is -0.481 e. The summed E-state index contributed by atoms with van der Waals surface area (Å²) in [4.78, 5) is 24.8. The van der Waals surface area contributed by atoms with Gasteiger partial charge in [0.1, 0.15) is 0 Å². The highest BCUT2D eigenvalue weighted by atomic mass is 35.5. The summed E-state index contributed by atoms with van der Waals surface area (Å²) >= 11 is 6.00. The van der Waals surface area contributed by atoms with Crippen molar-refractivity contribution >= 4 is 23.6 Å². The largest absolute Gasteiger partial charge is 0.481 e. The molecular formula is C18H26ClN3O4. The number of hydrogen-bond donors (Lipinski definition) is 3. The van der Waals surface area contributed by atoms with Crippen LogP contribution in [0.15, 0.2) is 24.3 Å². The minimum absolute atomic E-state index is 0.0272. The number of carboxylic acid groups (broad SMARTS) is 1. The van der Waals surface area contributed by atoms with E-state index in [2.05, 4.69) is 15.5 Å². The van der Waals surface area contributed by atoms with E-state index in [1.165, 1.54) is 0 Å². The van der Waals surface area contributed by atoms with E-state index < -0.39 is 5.97 Å². The molecule has 1 aliphatic rings. The van der Waals surface area contributed by atoms with Gasteiger partial charge in [-0.2, -0.15) is 0 Å². The molecular weight excluding hydrogens is 358 g/mol. The second kappa shape index (κ2) is 9.21. The van der Waals surface area contributed by atoms with Gasteiger partial charge in [-0.25, -0.2) is 4.79 Å². The first-order chi connectivity index (χ1) is 12.3. The molecule has 0 saturated carbocycles. The lowest BCUT2D eigenvalue weighted by Crippen LogP contribution is -2.52. The van der Waals surface area contributed by atoms with Crippen molar-refractivity contribution in [3.05, 3.63) is 34.9 Å². The summed E-state index contributed by atoms with van der Waals surface area (Å²) in [5.41, 5.74) is 0.796. The van der Waals surface area contributed by atoms with Crippen LogP contribution in [0.2, 0.25) is 5.02 Å². The van der Waals surface area contributed by atoms with Crippen LogP contribution in [0, 0.1) is 0 Å². The fourth-order valence-electron chi connectivity index (χ4n) is 3.00. The topological polar surface area (TPSA) is 90.9 Å². The standard InChI is InChI=1S/C18H26ClN3O4/c1-18(2)12-22(9-10-26-18)15(13-3-5-14(19)6-4-13)11-21-17(25)20-8-7-16(23)24/h3-6,15H,7-12H2,1-2H3,(H,23,24)(H2,20,21,25). The van der Waals surface area contributed by atoms with E-state index in [0.29, 0.717) is 18.2 Å². The number of urea groups is 1. The molecule has 1 heterocycles. The number of carboxylic acids is 1. The number of carbonyl (C=O) groups is 2. The van der Waals surface area contributed by atoms with Gasteiger partial charge in [0.2, 0.25) is 0 Å². The lowest BCUT2D eigenvalue weighted by atomic mass is 10.0. The highest BCUT2D eigenvalue weighted by Gasteiger charge is 2.32. The highest BCUT2D eigenvalue weighted by Crippen LogP contribution is 2.27. The lowest BCUT2D eigenvalue weighted by Gasteiger charge is -2.42. The Morgan fingerprint density at radius 2 is 2.00 bits per heavy atom. The predicted molar refractivity (Wildman–Crippen MR) is 99.5 cm³/mol. The maximum atomic E-state index is 11.9. The van der Waals surface area contributed by atoms with Crippen LogP contribution in [0.1, 0.15) is 31.9 Å². The Morgan fingerprint density at radius 1 is 1.31 bits per heavy atom. The van der Waals surface area contributed by atoms with Crippen molar-refractivity contribution in [2.75, 3.05) is 32.8 Å². The first kappa shape index (κ1) is 20.5. The van der Waals surface area contributed by atoms with Crippen LogP contribution < -0.4 is 10.6 Å². The van der Waals surface area contributed by atoms with Gasteiger partial charge in [0, 0.05) is 31.2 Å². The normalized spacial score (nSPS) is 18.1. The number of aliphatic carboxylic acids is 1. The number of rotatable bonds is 7. The van der Waals surface area contributed by atoms with Crippen LogP contribution >= 0.6 is 11.6 Å². The molecule has 0 bridgehead atoms. The number of carbonyl (C=O) groups excluding carboxylic acids is 1. The molecule has 3 N–H and O–H groups in total. The number of benzene rings is 1. The first-order valence-corrected chi connectivity index (χ1v) is 9.01. The van der Waals surface area contributed by atoms with Gasteiger partial charge in [0.15, 0.2) is 0 Å². The number of hydrogen-bond acceptors (Lipinski definition) is 4. The maximum absolute atomic E-state index is 11.9. The van der Waals surface area contributed by atoms with Gasteiger partial charge in [0.05, 0.1) is 24.7 Å². The van der Waals surface area contributed by atoms with E-state index >= 15 is 0 Å². The van der Waals surface area contributed by atoms with E-state index in [9.17, 15) is 9.59 Å². The molecule has 1 unspecified atom stereocenters. The molecule has 144 valence electrons. The first-order valence-electron chi connectivity index (χ1n) is 8.64. The third kappa shape index (κ3) is 6.48. The quantitative estimate of drug-likeness (QED) is 0.671. The molecule has 1 fully saturated rings. The van der Waals surface area contributed by atoms with Gasteiger partial charge in [-0.05, 0) is 31.5 Å². The Kier molecular flexibility index (Phi) is 7.25. The molecule has 7 nitrogen and oxygen atoms in total. The summed E-state index contributed by atoms with van der Waals surface area (Å²) in [7, 11) is 0. The number of morpholine rings is 1. The van der Waals surface area contributed by atoms with E-state index in [-0.39, 0.29) is 30.6 Å². The summed E-state index contributed by atoms with van der Waals surface area (Å²) in [6, 6.07) is 7.18. The van der Waals surface area contributed by atoms with Crippen molar-refractivity contribution in [1.82, 2.24) is 15.5 Å². The third-order valence-corrected chi connectivity index (χ3v) is 4.48. The van der Waals surface area contributed by atoms with Crippen LogP contribution in [-0.4, -0.2) is 60.4 Å². The number of halogens is 1. The van der Waals surface area contributed by atoms with Gasteiger partial charge in [0.25, 0.3) is 0 Å². The van der Waals surface area contributed by atoms with Gasteiger partial charge >= 0.3 is 12.0 Å². The number of nitrogens with zero attached hydrogens (tertiary/aromatic N) is 1. The number of ether oxygens (including phenoxy) is 1. The molecule has 8 heteroatoms. The zero-order chi connectivity index (χ0) is 19.2. The third-order valence-electron chi connectivity index (χ3n) is 4.23. The Bertz CT molecular complexity index is 621. The molecule has 1 saturated heterocycles. The molecule has 0 spiro atoms. The molecule has 26 heavy (non-hydrogen) atoms. The highest BCUT2D eigenvalue weighted by molar-refractivity contribution is 6.30. The van der Waals surface area contributed by atoms with Crippen LogP contribution in [-0.2, 0) is 9.53 Å². The van der Waals surface area contributed by atoms with Crippen LogP contribution in [0.4, 0.5) is 4.79 Å². The summed E-state index contributed by atoms with van der Waals surface area (Å²) in [6.07, 6.45) is -0.105. The maximum Gasteiger partial charge on any atom is 0.314 e. The summed E-state index contributed by atoms with van der Waals surface area (Å²) in [5.74, 6) is -0.945. The van der Waals surface area contributed by atoms with Crippen LogP contribution in [0.3, 0.4) is 0 Å². The molecule has 0 radical (unpaired) electrons. The van der Waals surface area contributed by atoms with Crippen LogP contribution in [0.5, 0.6) is 0 Å². The van der Waals surface area contributed by atoms with Gasteiger partial charge in [-0.15, -0.1) is 0 Å². The molecule has 1 atom stereocenters. The molecule has 1 aromatic rings.